The van der Waals surface area contributed by atoms with Gasteiger partial charge in [0.1, 0.15) is 19.2 Å². The minimum absolute atomic E-state index is 0. The Bertz CT molecular complexity index is 997. The van der Waals surface area contributed by atoms with Crippen molar-refractivity contribution >= 4 is 29.2 Å². The molecule has 0 radical (unpaired) electrons. The van der Waals surface area contributed by atoms with Gasteiger partial charge < -0.3 is 31.3 Å². The molecule has 6 rings (SSSR count). The fraction of sp³-hybridized carbons (Fsp3) is 0.625. The van der Waals surface area contributed by atoms with Gasteiger partial charge in [-0.1, -0.05) is 25.3 Å². The van der Waals surface area contributed by atoms with E-state index in [9.17, 15) is 14.7 Å². The summed E-state index contributed by atoms with van der Waals surface area (Å²) in [5, 5.41) is 16.4. The quantitative estimate of drug-likeness (QED) is 0.343. The van der Waals surface area contributed by atoms with Gasteiger partial charge in [-0.15, -0.1) is 11.3 Å². The standard InChI is InChI=1S/C24H31N5O4S.BrH/c30-21(28-23-26-15-25-16-27-23)14-29-10-8-17(9-11-29)19(13-29)33-22(31)24(32,20-7-4-12-34-20)18-5-2-1-3-6-18;/h4,7,12,15-19,32H,1-3,5-6,8-11,13-14H2;1H/t17?,19-,24?,29?;/m0./s1. The van der Waals surface area contributed by atoms with Crippen molar-refractivity contribution in [2.75, 3.05) is 31.5 Å². The Labute approximate surface area is 219 Å². The molecule has 2 N–H and O–H groups in total. The molecule has 1 amide bonds. The van der Waals surface area contributed by atoms with E-state index in [4.69, 9.17) is 4.74 Å². The topological polar surface area (TPSA) is 114 Å². The molecular weight excluding hydrogens is 534 g/mol. The number of nitrogens with zero attached hydrogens (tertiary/aromatic N) is 4. The molecule has 35 heavy (non-hydrogen) atoms. The van der Waals surface area contributed by atoms with E-state index in [2.05, 4.69) is 20.3 Å². The fourth-order valence-electron chi connectivity index (χ4n) is 6.06. The molecule has 2 atom stereocenters. The first-order chi connectivity index (χ1) is 16.5. The Kier molecular flexibility index (Phi) is 8.19. The van der Waals surface area contributed by atoms with E-state index in [0.29, 0.717) is 15.9 Å². The van der Waals surface area contributed by atoms with Crippen LogP contribution in [0.25, 0.3) is 0 Å². The predicted molar refractivity (Wildman–Crippen MR) is 126 cm³/mol. The molecule has 2 aromatic heterocycles. The zero-order chi connectivity index (χ0) is 23.6. The third-order valence-electron chi connectivity index (χ3n) is 7.93. The highest BCUT2D eigenvalue weighted by Crippen LogP contribution is 2.43. The molecule has 2 bridgehead atoms. The smallest absolute Gasteiger partial charge is 0.344 e. The Morgan fingerprint density at radius 1 is 1.14 bits per heavy atom. The number of carbonyl (C=O) groups excluding carboxylic acids is 2. The fourth-order valence-corrected chi connectivity index (χ4v) is 6.95. The number of rotatable bonds is 7. The van der Waals surface area contributed by atoms with Crippen LogP contribution in [0.3, 0.4) is 0 Å². The van der Waals surface area contributed by atoms with E-state index in [1.54, 1.807) is 0 Å². The van der Waals surface area contributed by atoms with Crippen molar-refractivity contribution in [2.24, 2.45) is 11.8 Å². The minimum atomic E-state index is -1.60. The first-order valence-corrected chi connectivity index (χ1v) is 13.1. The number of hydrogen-bond acceptors (Lipinski definition) is 8. The zero-order valence-electron chi connectivity index (χ0n) is 19.6. The molecular formula is C24H32BrN5O4S. The molecule has 11 heteroatoms. The van der Waals surface area contributed by atoms with Gasteiger partial charge in [-0.2, -0.15) is 0 Å². The van der Waals surface area contributed by atoms with E-state index >= 15 is 0 Å². The molecule has 0 spiro atoms. The molecule has 4 fully saturated rings. The number of hydrogen-bond donors (Lipinski definition) is 2. The summed E-state index contributed by atoms with van der Waals surface area (Å²) in [5.74, 6) is -0.291. The number of esters is 1. The molecule has 9 nitrogen and oxygen atoms in total. The SMILES string of the molecule is O=C(C[N+]12CCC(CC1)[C@@H](OC(=O)C(O)(c1cccs1)C1CCCCC1)C2)Nc1ncncn1.[Br-]. The van der Waals surface area contributed by atoms with Gasteiger partial charge in [0, 0.05) is 29.6 Å². The monoisotopic (exact) mass is 565 g/mol. The average molecular weight is 567 g/mol. The van der Waals surface area contributed by atoms with Gasteiger partial charge in [0.05, 0.1) is 13.1 Å². The second-order valence-corrected chi connectivity index (χ2v) is 10.9. The number of halogens is 1. The lowest BCUT2D eigenvalue weighted by molar-refractivity contribution is -0.939. The van der Waals surface area contributed by atoms with Crippen LogP contribution in [0.5, 0.6) is 0 Å². The van der Waals surface area contributed by atoms with E-state index < -0.39 is 11.6 Å². The molecule has 4 aliphatic rings. The molecule has 3 saturated heterocycles. The number of nitrogens with one attached hydrogen (secondary N) is 1. The summed E-state index contributed by atoms with van der Waals surface area (Å²) in [5.41, 5.74) is -1.60. The molecule has 0 aromatic carbocycles. The highest BCUT2D eigenvalue weighted by atomic mass is 79.9. The predicted octanol–water partition coefficient (Wildman–Crippen LogP) is -0.504. The van der Waals surface area contributed by atoms with E-state index in [-0.39, 0.29) is 53.3 Å². The summed E-state index contributed by atoms with van der Waals surface area (Å²) in [4.78, 5) is 38.7. The maximum Gasteiger partial charge on any atom is 0.344 e. The number of aromatic nitrogens is 3. The second-order valence-electron chi connectivity index (χ2n) is 10.00. The van der Waals surface area contributed by atoms with Crippen LogP contribution in [0, 0.1) is 11.8 Å². The van der Waals surface area contributed by atoms with Crippen LogP contribution in [-0.2, 0) is 19.9 Å². The Hall–Kier alpha value is -1.95. The number of ether oxygens (including phenoxy) is 1. The highest BCUT2D eigenvalue weighted by molar-refractivity contribution is 7.10. The van der Waals surface area contributed by atoms with Crippen LogP contribution in [-0.4, -0.2) is 68.7 Å². The number of amides is 1. The molecule has 190 valence electrons. The van der Waals surface area contributed by atoms with Crippen molar-refractivity contribution in [3.05, 3.63) is 35.0 Å². The maximum atomic E-state index is 13.6. The molecule has 3 aliphatic heterocycles. The van der Waals surface area contributed by atoms with Crippen LogP contribution in [0.2, 0.25) is 0 Å². The van der Waals surface area contributed by atoms with Crippen molar-refractivity contribution in [1.29, 1.82) is 0 Å². The lowest BCUT2D eigenvalue weighted by atomic mass is 9.75. The van der Waals surface area contributed by atoms with Crippen LogP contribution in [0.15, 0.2) is 30.2 Å². The van der Waals surface area contributed by atoms with Gasteiger partial charge >= 0.3 is 5.97 Å². The number of carbonyl (C=O) groups is 2. The largest absolute Gasteiger partial charge is 1.00 e. The summed E-state index contributed by atoms with van der Waals surface area (Å²) < 4.78 is 6.71. The first-order valence-electron chi connectivity index (χ1n) is 12.2. The van der Waals surface area contributed by atoms with Crippen LogP contribution in [0.1, 0.15) is 49.8 Å². The summed E-state index contributed by atoms with van der Waals surface area (Å²) in [6.45, 7) is 2.62. The van der Waals surface area contributed by atoms with Gasteiger partial charge in [-0.25, -0.2) is 19.7 Å². The van der Waals surface area contributed by atoms with Crippen molar-refractivity contribution in [3.8, 4) is 0 Å². The number of quaternary nitrogens is 1. The molecule has 1 unspecified atom stereocenters. The van der Waals surface area contributed by atoms with Gasteiger partial charge in [0.15, 0.2) is 18.2 Å². The third-order valence-corrected chi connectivity index (χ3v) is 8.92. The van der Waals surface area contributed by atoms with Crippen molar-refractivity contribution in [2.45, 2.75) is 56.7 Å². The second kappa shape index (κ2) is 11.0. The number of piperidine rings is 3. The zero-order valence-corrected chi connectivity index (χ0v) is 22.0. The van der Waals surface area contributed by atoms with E-state index in [1.807, 2.05) is 17.5 Å². The van der Waals surface area contributed by atoms with Gasteiger partial charge in [-0.3, -0.25) is 10.1 Å². The maximum absolute atomic E-state index is 13.6. The Balaban J connectivity index is 0.00000289. The van der Waals surface area contributed by atoms with Crippen molar-refractivity contribution in [3.63, 3.8) is 0 Å². The number of fused-ring (bicyclic) bond motifs is 3. The van der Waals surface area contributed by atoms with Crippen LogP contribution in [0.4, 0.5) is 5.95 Å². The normalized spacial score (nSPS) is 27.9. The summed E-state index contributed by atoms with van der Waals surface area (Å²) in [6.07, 6.45) is 9.04. The summed E-state index contributed by atoms with van der Waals surface area (Å²) in [7, 11) is 0. The van der Waals surface area contributed by atoms with E-state index in [1.165, 1.54) is 24.0 Å². The van der Waals surface area contributed by atoms with Gasteiger partial charge in [0.2, 0.25) is 5.95 Å². The number of thiophene rings is 1. The third kappa shape index (κ3) is 5.42. The van der Waals surface area contributed by atoms with Crippen LogP contribution < -0.4 is 22.3 Å². The highest BCUT2D eigenvalue weighted by Gasteiger charge is 2.53. The number of anilines is 1. The van der Waals surface area contributed by atoms with Crippen LogP contribution >= 0.6 is 11.3 Å². The van der Waals surface area contributed by atoms with Gasteiger partial charge in [0.25, 0.3) is 5.91 Å². The molecule has 1 saturated carbocycles. The summed E-state index contributed by atoms with van der Waals surface area (Å²) in [6, 6.07) is 3.72. The van der Waals surface area contributed by atoms with Crippen molar-refractivity contribution in [1.82, 2.24) is 15.0 Å². The average Bonchev–Trinajstić information content (AvgIpc) is 3.40. The molecule has 1 aliphatic carbocycles. The van der Waals surface area contributed by atoms with Crippen molar-refractivity contribution < 1.29 is 40.9 Å². The Morgan fingerprint density at radius 3 is 2.51 bits per heavy atom. The first kappa shape index (κ1) is 26.1. The molecule has 2 aromatic rings. The summed E-state index contributed by atoms with van der Waals surface area (Å²) >= 11 is 1.41. The lowest BCUT2D eigenvalue weighted by Gasteiger charge is -2.52. The Morgan fingerprint density at radius 2 is 1.86 bits per heavy atom. The number of aliphatic hydroxyl groups is 1. The molecule has 5 heterocycles. The lowest BCUT2D eigenvalue weighted by Crippen LogP contribution is -3.00. The minimum Gasteiger partial charge on any atom is -1.00 e. The van der Waals surface area contributed by atoms with Gasteiger partial charge in [-0.05, 0) is 24.3 Å². The van der Waals surface area contributed by atoms with E-state index in [0.717, 1.165) is 58.0 Å².